The van der Waals surface area contributed by atoms with E-state index in [1.807, 2.05) is 0 Å². The molecule has 85 heavy (non-hydrogen) atoms. The van der Waals surface area contributed by atoms with Crippen molar-refractivity contribution >= 4 is 23.0 Å². The molecule has 5 aliphatic rings. The van der Waals surface area contributed by atoms with E-state index < -0.39 is 213 Å². The number of hydrogen-bond acceptors (Lipinski definition) is 31. The quantitative estimate of drug-likeness (QED) is 0.0347. The fraction of sp³-hybridized carbons (Fsp3) is 0.556. The topological polar surface area (TPSA) is 493 Å². The molecule has 5 aliphatic heterocycles. The van der Waals surface area contributed by atoms with Crippen LogP contribution in [0.5, 0.6) is 28.7 Å². The highest BCUT2D eigenvalue weighted by Crippen LogP contribution is 2.41. The Labute approximate surface area is 479 Å². The number of aliphatic hydroxyl groups excluding tert-OH is 14. The number of phenols is 3. The van der Waals surface area contributed by atoms with Crippen LogP contribution in [0.4, 0.5) is 0 Å². The van der Waals surface area contributed by atoms with E-state index >= 15 is 0 Å². The standard InChI is InChI=1S/C54H66O31/c1-18-32(61)37(66)41(70)50(75-18)77-24-13-25(59)31-26(14-24)78-45(21-6-10-23(58)11-7-21)48(36(31)65)84-54-49(85-52-43(72)39(68)35(64)28(16-56)80-52)47(33(62)19(2)76-54)83-53-44(73)40(69)46(82-51-42(71)38(67)34(63)27(15-55)79-51)29(81-53)17-74-30(60)12-5-20-3-8-22(57)9-4-20/h3-14,18-19,27-29,32-35,37-44,46-47,49-59,61-64,66-73H,15-17H2,1-2H3/t18-,19-,27+,28+,29+,32-,33-,34+,35+,37+,38-,39-,40+,41+,42+,43+,44+,46+,47+,49+,50-,51-,52-,53-,54-/m0/s1. The van der Waals surface area contributed by atoms with E-state index in [1.54, 1.807) is 0 Å². The lowest BCUT2D eigenvalue weighted by Crippen LogP contribution is -2.68. The molecule has 4 aromatic rings. The SMILES string of the molecule is C[C@@H]1O[C@@H](Oc2cc(O)c3c(=O)c(O[C@@H]4O[C@@H](C)[C@H](O)[C@@H](O[C@@H]5O[C@H](COC(=O)C=Cc6ccc(O)cc6)[C@@H](O[C@@H]6O[C@H](CO)[C@@H](O)[C@H](O)[C@H]6O)[C@H](O)[C@H]5O)[C@H]4O[C@@H]4O[C@H](CO)[C@@H](O)[C@H](O)[C@H]4O)c(-c4ccc(O)cc4)oc3c2)[C@H](O)[C@H](O)[C@H]1O. The van der Waals surface area contributed by atoms with E-state index in [-0.39, 0.29) is 22.8 Å². The van der Waals surface area contributed by atoms with E-state index in [2.05, 4.69) is 0 Å². The third-order valence-electron chi connectivity index (χ3n) is 15.0. The van der Waals surface area contributed by atoms with Gasteiger partial charge in [-0.3, -0.25) is 4.79 Å². The van der Waals surface area contributed by atoms with Crippen LogP contribution >= 0.6 is 0 Å². The predicted octanol–water partition coefficient (Wildman–Crippen LogP) is -5.27. The molecule has 5 saturated heterocycles. The highest BCUT2D eigenvalue weighted by molar-refractivity contribution is 5.88. The van der Waals surface area contributed by atoms with Crippen molar-refractivity contribution in [3.05, 3.63) is 82.5 Å². The lowest BCUT2D eigenvalue weighted by Gasteiger charge is -2.49. The van der Waals surface area contributed by atoms with Gasteiger partial charge in [-0.05, 0) is 61.9 Å². The van der Waals surface area contributed by atoms with Gasteiger partial charge in [-0.25, -0.2) is 4.79 Å². The molecule has 0 aliphatic carbocycles. The van der Waals surface area contributed by atoms with E-state index in [4.69, 9.17) is 56.5 Å². The minimum absolute atomic E-state index is 0.00605. The molecular formula is C54H66O31. The molecule has 31 nitrogen and oxygen atoms in total. The van der Waals surface area contributed by atoms with Gasteiger partial charge in [-0.2, -0.15) is 0 Å². The minimum Gasteiger partial charge on any atom is -0.508 e. The number of hydrogen-bond donors (Lipinski definition) is 17. The van der Waals surface area contributed by atoms with Crippen molar-refractivity contribution in [1.82, 2.24) is 0 Å². The number of aromatic hydroxyl groups is 3. The first kappa shape index (κ1) is 63.7. The molecule has 1 aromatic heterocycles. The lowest BCUT2D eigenvalue weighted by atomic mass is 9.95. The molecule has 0 unspecified atom stereocenters. The number of rotatable bonds is 17. The first-order valence-corrected chi connectivity index (χ1v) is 26.6. The summed E-state index contributed by atoms with van der Waals surface area (Å²) in [6, 6.07) is 12.6. The summed E-state index contributed by atoms with van der Waals surface area (Å²) in [5.74, 6) is -3.78. The second kappa shape index (κ2) is 26.7. The molecule has 3 aromatic carbocycles. The smallest absolute Gasteiger partial charge is 0.330 e. The van der Waals surface area contributed by atoms with Crippen LogP contribution in [0.2, 0.25) is 0 Å². The maximum atomic E-state index is 14.9. The summed E-state index contributed by atoms with van der Waals surface area (Å²) in [6.45, 7) is -0.119. The van der Waals surface area contributed by atoms with E-state index in [0.29, 0.717) is 5.56 Å². The second-order valence-corrected chi connectivity index (χ2v) is 20.8. The Kier molecular flexibility index (Phi) is 20.0. The maximum absolute atomic E-state index is 14.9. The summed E-state index contributed by atoms with van der Waals surface area (Å²) in [7, 11) is 0. The Morgan fingerprint density at radius 3 is 1.60 bits per heavy atom. The van der Waals surface area contributed by atoms with Gasteiger partial charge < -0.3 is 143 Å². The third kappa shape index (κ3) is 13.4. The number of carbonyl (C=O) groups is 1. The Balaban J connectivity index is 1.08. The van der Waals surface area contributed by atoms with Crippen molar-refractivity contribution in [2.75, 3.05) is 19.8 Å². The number of fused-ring (bicyclic) bond motifs is 1. The summed E-state index contributed by atoms with van der Waals surface area (Å²) in [5.41, 5.74) is -1.15. The van der Waals surface area contributed by atoms with Crippen LogP contribution in [-0.4, -0.2) is 266 Å². The zero-order chi connectivity index (χ0) is 61.5. The van der Waals surface area contributed by atoms with Crippen LogP contribution in [0, 0.1) is 0 Å². The van der Waals surface area contributed by atoms with Crippen LogP contribution in [-0.2, 0) is 47.4 Å². The number of ether oxygens (including phenoxy) is 11. The van der Waals surface area contributed by atoms with Crippen LogP contribution in [0.3, 0.4) is 0 Å². The molecule has 9 rings (SSSR count). The minimum atomic E-state index is -2.31. The van der Waals surface area contributed by atoms with E-state index in [0.717, 1.165) is 18.2 Å². The van der Waals surface area contributed by atoms with Gasteiger partial charge in [-0.15, -0.1) is 0 Å². The fourth-order valence-electron chi connectivity index (χ4n) is 10.1. The number of esters is 1. The fourth-order valence-corrected chi connectivity index (χ4v) is 10.1. The summed E-state index contributed by atoms with van der Waals surface area (Å²) < 4.78 is 70.9. The summed E-state index contributed by atoms with van der Waals surface area (Å²) in [4.78, 5) is 28.1. The van der Waals surface area contributed by atoms with Gasteiger partial charge in [0.15, 0.2) is 30.7 Å². The lowest BCUT2D eigenvalue weighted by molar-refractivity contribution is -0.391. The summed E-state index contributed by atoms with van der Waals surface area (Å²) in [6.07, 6.45) is -45.2. The molecule has 31 heteroatoms. The van der Waals surface area contributed by atoms with Gasteiger partial charge in [0.2, 0.25) is 23.8 Å². The number of carbonyl (C=O) groups excluding carboxylic acids is 1. The van der Waals surface area contributed by atoms with Crippen LogP contribution < -0.4 is 14.9 Å². The number of aliphatic hydroxyl groups is 14. The maximum Gasteiger partial charge on any atom is 0.330 e. The second-order valence-electron chi connectivity index (χ2n) is 20.8. The monoisotopic (exact) mass is 1210 g/mol. The Bertz CT molecular complexity index is 2980. The zero-order valence-corrected chi connectivity index (χ0v) is 44.8. The molecule has 0 amide bonds. The Morgan fingerprint density at radius 1 is 0.518 bits per heavy atom. The van der Waals surface area contributed by atoms with Gasteiger partial charge in [0, 0.05) is 23.8 Å². The molecule has 5 fully saturated rings. The highest BCUT2D eigenvalue weighted by Gasteiger charge is 2.56. The largest absolute Gasteiger partial charge is 0.508 e. The molecule has 0 radical (unpaired) electrons. The van der Waals surface area contributed by atoms with E-state index in [1.165, 1.54) is 68.5 Å². The predicted molar refractivity (Wildman–Crippen MR) is 276 cm³/mol. The molecule has 468 valence electrons. The van der Waals surface area contributed by atoms with Gasteiger partial charge in [0.1, 0.15) is 144 Å². The third-order valence-corrected chi connectivity index (χ3v) is 15.0. The van der Waals surface area contributed by atoms with Gasteiger partial charge >= 0.3 is 5.97 Å². The Hall–Kier alpha value is -5.80. The van der Waals surface area contributed by atoms with Crippen LogP contribution in [0.25, 0.3) is 28.4 Å². The first-order chi connectivity index (χ1) is 40.4. The number of phenolic OH excluding ortho intramolecular Hbond substituents is 3. The summed E-state index contributed by atoms with van der Waals surface area (Å²) >= 11 is 0. The van der Waals surface area contributed by atoms with Crippen molar-refractivity contribution in [3.63, 3.8) is 0 Å². The van der Waals surface area contributed by atoms with Crippen molar-refractivity contribution in [2.24, 2.45) is 0 Å². The number of benzene rings is 3. The Morgan fingerprint density at radius 2 is 1.01 bits per heavy atom. The van der Waals surface area contributed by atoms with Crippen molar-refractivity contribution in [2.45, 2.75) is 167 Å². The molecule has 25 atom stereocenters. The molecule has 6 heterocycles. The molecule has 0 saturated carbocycles. The van der Waals surface area contributed by atoms with Crippen molar-refractivity contribution in [3.8, 4) is 40.1 Å². The average molecular weight is 1210 g/mol. The first-order valence-electron chi connectivity index (χ1n) is 26.6. The highest BCUT2D eigenvalue weighted by atomic mass is 16.8. The molecule has 0 bridgehead atoms. The van der Waals surface area contributed by atoms with Gasteiger partial charge in [-0.1, -0.05) is 12.1 Å². The average Bonchev–Trinajstić information content (AvgIpc) is 1.53. The molecule has 17 N–H and O–H groups in total. The van der Waals surface area contributed by atoms with E-state index in [9.17, 15) is 96.4 Å². The molecule has 0 spiro atoms. The van der Waals surface area contributed by atoms with Crippen molar-refractivity contribution < 1.29 is 148 Å². The normalized spacial score (nSPS) is 38.9. The summed E-state index contributed by atoms with van der Waals surface area (Å²) in [5, 5.41) is 183. The van der Waals surface area contributed by atoms with Crippen molar-refractivity contribution in [1.29, 1.82) is 0 Å². The van der Waals surface area contributed by atoms with Gasteiger partial charge in [0.05, 0.1) is 25.4 Å². The molecular weight excluding hydrogens is 1140 g/mol. The van der Waals surface area contributed by atoms with Crippen LogP contribution in [0.1, 0.15) is 19.4 Å². The van der Waals surface area contributed by atoms with Crippen LogP contribution in [0.15, 0.2) is 76.0 Å². The van der Waals surface area contributed by atoms with Gasteiger partial charge in [0.25, 0.3) is 0 Å². The zero-order valence-electron chi connectivity index (χ0n) is 44.8.